The van der Waals surface area contributed by atoms with E-state index in [1.54, 1.807) is 67.0 Å². The number of sulfonamides is 1. The van der Waals surface area contributed by atoms with Gasteiger partial charge in [0.15, 0.2) is 0 Å². The van der Waals surface area contributed by atoms with Gasteiger partial charge in [0.25, 0.3) is 0 Å². The first-order valence-electron chi connectivity index (χ1n) is 14.0. The van der Waals surface area contributed by atoms with Crippen molar-refractivity contribution < 1.29 is 17.9 Å². The molecular formula is C31H35N7O4S. The first kappa shape index (κ1) is 30.0. The number of ether oxygens (including phenoxy) is 1. The number of hydrogen-bond donors (Lipinski definition) is 3. The number of nitrogens with zero attached hydrogens (tertiary/aromatic N) is 4. The monoisotopic (exact) mass is 601 g/mol. The molecule has 0 saturated carbocycles. The highest BCUT2D eigenvalue weighted by atomic mass is 32.2. The van der Waals surface area contributed by atoms with Crippen molar-refractivity contribution in [2.75, 3.05) is 30.8 Å². The zero-order valence-corrected chi connectivity index (χ0v) is 25.0. The third kappa shape index (κ3) is 7.66. The van der Waals surface area contributed by atoms with Gasteiger partial charge in [-0.2, -0.15) is 5.10 Å². The summed E-state index contributed by atoms with van der Waals surface area (Å²) in [6.45, 7) is 7.20. The Labute approximate surface area is 251 Å². The van der Waals surface area contributed by atoms with Crippen LogP contribution >= 0.6 is 0 Å². The Morgan fingerprint density at radius 3 is 2.37 bits per heavy atom. The molecule has 1 aliphatic rings. The number of hydrogen-bond acceptors (Lipinski definition) is 7. The number of carbonyl (C=O) groups excluding carboxylic acids is 1. The molecule has 3 N–H and O–H groups in total. The number of rotatable bonds is 11. The molecule has 11 nitrogen and oxygen atoms in total. The number of likely N-dealkylation sites (tertiary alicyclic amines) is 1. The van der Waals surface area contributed by atoms with Gasteiger partial charge in [-0.05, 0) is 106 Å². The van der Waals surface area contributed by atoms with Crippen molar-refractivity contribution in [3.8, 4) is 17.2 Å². The first-order chi connectivity index (χ1) is 20.7. The Kier molecular flexibility index (Phi) is 9.19. The highest BCUT2D eigenvalue weighted by molar-refractivity contribution is 7.89. The zero-order chi connectivity index (χ0) is 30.4. The standard InChI is InChI=1S/C31H35N7O4S/c1-22(2)29-21-30(35-31(39)34-23-6-10-26(11-7-23)42-27-15-17-32-18-16-27)38(36-29)25-8-12-28(13-9-25)43(40,41)33-19-14-24-5-4-20-37(24)3/h6-13,15-18,21,24,33H,1,4-5,14,19-20H2,2-3H3,(H2,34,35,39). The number of amides is 2. The van der Waals surface area contributed by atoms with Crippen LogP contribution in [-0.4, -0.2) is 60.3 Å². The van der Waals surface area contributed by atoms with Crippen molar-refractivity contribution in [3.05, 3.63) is 91.4 Å². The molecule has 1 fully saturated rings. The number of anilines is 2. The molecule has 5 rings (SSSR count). The summed E-state index contributed by atoms with van der Waals surface area (Å²) < 4.78 is 35.8. The fourth-order valence-electron chi connectivity index (χ4n) is 4.86. The minimum atomic E-state index is -3.67. The maximum absolute atomic E-state index is 12.9. The molecule has 0 radical (unpaired) electrons. The summed E-state index contributed by atoms with van der Waals surface area (Å²) in [7, 11) is -1.59. The molecule has 1 atom stereocenters. The predicted molar refractivity (Wildman–Crippen MR) is 167 cm³/mol. The highest BCUT2D eigenvalue weighted by Gasteiger charge is 2.22. The van der Waals surface area contributed by atoms with Crippen molar-refractivity contribution in [2.24, 2.45) is 0 Å². The largest absolute Gasteiger partial charge is 0.457 e. The lowest BCUT2D eigenvalue weighted by Crippen LogP contribution is -2.31. The van der Waals surface area contributed by atoms with Gasteiger partial charge in [0, 0.05) is 36.7 Å². The summed E-state index contributed by atoms with van der Waals surface area (Å²) in [6, 6.07) is 18.5. The van der Waals surface area contributed by atoms with E-state index in [-0.39, 0.29) is 4.90 Å². The van der Waals surface area contributed by atoms with E-state index in [1.165, 1.54) is 16.8 Å². The number of allylic oxidation sites excluding steroid dienone is 1. The molecule has 3 heterocycles. The Balaban J connectivity index is 1.24. The Morgan fingerprint density at radius 2 is 1.72 bits per heavy atom. The van der Waals surface area contributed by atoms with Crippen LogP contribution in [0.3, 0.4) is 0 Å². The molecule has 43 heavy (non-hydrogen) atoms. The maximum Gasteiger partial charge on any atom is 0.324 e. The van der Waals surface area contributed by atoms with E-state index in [0.29, 0.717) is 52.5 Å². The van der Waals surface area contributed by atoms with Crippen LogP contribution in [0, 0.1) is 0 Å². The molecule has 2 amide bonds. The number of aromatic nitrogens is 3. The van der Waals surface area contributed by atoms with Crippen LogP contribution in [0.15, 0.2) is 90.6 Å². The van der Waals surface area contributed by atoms with Crippen LogP contribution in [0.5, 0.6) is 11.5 Å². The lowest BCUT2D eigenvalue weighted by molar-refractivity contribution is 0.262. The molecule has 1 aliphatic heterocycles. The normalized spacial score (nSPS) is 15.3. The van der Waals surface area contributed by atoms with Crippen molar-refractivity contribution in [1.29, 1.82) is 0 Å². The highest BCUT2D eigenvalue weighted by Crippen LogP contribution is 2.25. The van der Waals surface area contributed by atoms with E-state index in [1.807, 2.05) is 6.92 Å². The van der Waals surface area contributed by atoms with Gasteiger partial charge in [0.2, 0.25) is 10.0 Å². The van der Waals surface area contributed by atoms with Gasteiger partial charge in [0.05, 0.1) is 16.3 Å². The molecule has 4 aromatic rings. The lowest BCUT2D eigenvalue weighted by Gasteiger charge is -2.19. The van der Waals surface area contributed by atoms with Crippen molar-refractivity contribution in [1.82, 2.24) is 24.4 Å². The Hall–Kier alpha value is -4.52. The number of carbonyl (C=O) groups is 1. The number of urea groups is 1. The van der Waals surface area contributed by atoms with Gasteiger partial charge in [-0.25, -0.2) is 22.6 Å². The van der Waals surface area contributed by atoms with Crippen LogP contribution in [0.1, 0.15) is 31.9 Å². The quantitative estimate of drug-likeness (QED) is 0.207. The summed E-state index contributed by atoms with van der Waals surface area (Å²) >= 11 is 0. The van der Waals surface area contributed by atoms with Gasteiger partial charge in [-0.1, -0.05) is 6.58 Å². The summed E-state index contributed by atoms with van der Waals surface area (Å²) in [4.78, 5) is 19.3. The summed E-state index contributed by atoms with van der Waals surface area (Å²) in [5, 5.41) is 10.2. The molecule has 0 aliphatic carbocycles. The van der Waals surface area contributed by atoms with Crippen LogP contribution in [0.25, 0.3) is 11.3 Å². The van der Waals surface area contributed by atoms with Crippen molar-refractivity contribution in [3.63, 3.8) is 0 Å². The molecular weight excluding hydrogens is 566 g/mol. The number of pyridine rings is 1. The van der Waals surface area contributed by atoms with Crippen LogP contribution < -0.4 is 20.1 Å². The lowest BCUT2D eigenvalue weighted by atomic mass is 10.1. The average Bonchev–Trinajstić information content (AvgIpc) is 3.60. The van der Waals surface area contributed by atoms with E-state index >= 15 is 0 Å². The minimum absolute atomic E-state index is 0.159. The third-order valence-electron chi connectivity index (χ3n) is 7.22. The van der Waals surface area contributed by atoms with E-state index < -0.39 is 16.1 Å². The molecule has 2 aromatic heterocycles. The second-order valence-electron chi connectivity index (χ2n) is 10.5. The molecule has 224 valence electrons. The van der Waals surface area contributed by atoms with Crippen LogP contribution in [0.2, 0.25) is 0 Å². The van der Waals surface area contributed by atoms with Gasteiger partial charge >= 0.3 is 6.03 Å². The molecule has 1 unspecified atom stereocenters. The minimum Gasteiger partial charge on any atom is -0.457 e. The Morgan fingerprint density at radius 1 is 1.02 bits per heavy atom. The van der Waals surface area contributed by atoms with Gasteiger partial charge < -0.3 is 15.0 Å². The Bertz CT molecular complexity index is 1670. The fraction of sp³-hybridized carbons (Fsp3) is 0.258. The van der Waals surface area contributed by atoms with Crippen molar-refractivity contribution in [2.45, 2.75) is 37.1 Å². The summed E-state index contributed by atoms with van der Waals surface area (Å²) in [6.07, 6.45) is 6.29. The molecule has 2 aromatic carbocycles. The summed E-state index contributed by atoms with van der Waals surface area (Å²) in [5.74, 6) is 1.66. The summed E-state index contributed by atoms with van der Waals surface area (Å²) in [5.41, 5.74) is 2.44. The zero-order valence-electron chi connectivity index (χ0n) is 24.2. The van der Waals surface area contributed by atoms with Gasteiger partial charge in [0.1, 0.15) is 17.3 Å². The molecule has 12 heteroatoms. The second-order valence-corrected chi connectivity index (χ2v) is 12.2. The molecule has 1 saturated heterocycles. The van der Waals surface area contributed by atoms with Crippen LogP contribution in [0.4, 0.5) is 16.3 Å². The van der Waals surface area contributed by atoms with Crippen molar-refractivity contribution >= 4 is 33.1 Å². The van der Waals surface area contributed by atoms with E-state index in [9.17, 15) is 13.2 Å². The number of nitrogens with one attached hydrogen (secondary N) is 3. The number of benzene rings is 2. The van der Waals surface area contributed by atoms with Crippen LogP contribution in [-0.2, 0) is 10.0 Å². The van der Waals surface area contributed by atoms with E-state index in [2.05, 4.69) is 44.0 Å². The second kappa shape index (κ2) is 13.2. The fourth-order valence-corrected chi connectivity index (χ4v) is 5.90. The first-order valence-corrected chi connectivity index (χ1v) is 15.5. The predicted octanol–water partition coefficient (Wildman–Crippen LogP) is 5.50. The van der Waals surface area contributed by atoms with E-state index in [4.69, 9.17) is 4.74 Å². The van der Waals surface area contributed by atoms with Gasteiger partial charge in [-0.15, -0.1) is 0 Å². The third-order valence-corrected chi connectivity index (χ3v) is 8.70. The molecule has 0 spiro atoms. The van der Waals surface area contributed by atoms with E-state index in [0.717, 1.165) is 25.8 Å². The topological polar surface area (TPSA) is 130 Å². The average molecular weight is 602 g/mol. The SMILES string of the molecule is C=C(C)c1cc(NC(=O)Nc2ccc(Oc3ccncc3)cc2)n(-c2ccc(S(=O)(=O)NCCC3CCCN3C)cc2)n1. The maximum atomic E-state index is 12.9. The molecule has 0 bridgehead atoms. The van der Waals surface area contributed by atoms with Gasteiger partial charge in [-0.3, -0.25) is 10.3 Å². The smallest absolute Gasteiger partial charge is 0.324 e.